The summed E-state index contributed by atoms with van der Waals surface area (Å²) in [7, 11) is 0. The minimum atomic E-state index is -0.169. The molecule has 96 valence electrons. The Morgan fingerprint density at radius 3 is 2.37 bits per heavy atom. The third-order valence-corrected chi connectivity index (χ3v) is 2.93. The monoisotopic (exact) mass is 254 g/mol. The first-order chi connectivity index (χ1) is 9.22. The fourth-order valence-electron chi connectivity index (χ4n) is 1.70. The van der Waals surface area contributed by atoms with E-state index in [-0.39, 0.29) is 11.6 Å². The van der Waals surface area contributed by atoms with Crippen LogP contribution in [0.1, 0.15) is 34.6 Å². The predicted octanol–water partition coefficient (Wildman–Crippen LogP) is 2.56. The van der Waals surface area contributed by atoms with Gasteiger partial charge in [0.25, 0.3) is 0 Å². The van der Waals surface area contributed by atoms with Crippen LogP contribution >= 0.6 is 0 Å². The second-order valence-electron chi connectivity index (χ2n) is 4.75. The fourth-order valence-corrected chi connectivity index (χ4v) is 1.70. The van der Waals surface area contributed by atoms with Crippen LogP contribution in [0.15, 0.2) is 36.7 Å². The van der Waals surface area contributed by atoms with E-state index in [2.05, 4.69) is 9.97 Å². The number of ether oxygens (including phenoxy) is 1. The van der Waals surface area contributed by atoms with Crippen LogP contribution in [-0.4, -0.2) is 21.9 Å². The van der Waals surface area contributed by atoms with Gasteiger partial charge in [0.05, 0.1) is 6.10 Å². The van der Waals surface area contributed by atoms with E-state index in [1.165, 1.54) is 0 Å². The van der Waals surface area contributed by atoms with E-state index >= 15 is 0 Å². The van der Waals surface area contributed by atoms with Crippen LogP contribution in [0.3, 0.4) is 0 Å². The van der Waals surface area contributed by atoms with Gasteiger partial charge in [-0.05, 0) is 49.6 Å². The predicted molar refractivity (Wildman–Crippen MR) is 70.3 cm³/mol. The van der Waals surface area contributed by atoms with Gasteiger partial charge in [0.2, 0.25) is 11.6 Å². The summed E-state index contributed by atoms with van der Waals surface area (Å²) in [6, 6.07) is 7.14. The van der Waals surface area contributed by atoms with Crippen molar-refractivity contribution in [3.05, 3.63) is 53.6 Å². The number of benzene rings is 1. The molecule has 4 nitrogen and oxygen atoms in total. The maximum atomic E-state index is 12.1. The van der Waals surface area contributed by atoms with Crippen LogP contribution in [-0.2, 0) is 0 Å². The summed E-state index contributed by atoms with van der Waals surface area (Å²) in [5, 5.41) is 0. The average Bonchev–Trinajstić information content (AvgIpc) is 3.24. The Hall–Kier alpha value is -2.23. The quantitative estimate of drug-likeness (QED) is 0.787. The van der Waals surface area contributed by atoms with Gasteiger partial charge in [-0.15, -0.1) is 0 Å². The number of ketones is 1. The summed E-state index contributed by atoms with van der Waals surface area (Å²) >= 11 is 0. The van der Waals surface area contributed by atoms with Gasteiger partial charge < -0.3 is 4.74 Å². The minimum Gasteiger partial charge on any atom is -0.490 e. The van der Waals surface area contributed by atoms with E-state index < -0.39 is 0 Å². The first-order valence-corrected chi connectivity index (χ1v) is 6.32. The average molecular weight is 254 g/mol. The zero-order chi connectivity index (χ0) is 13.2. The van der Waals surface area contributed by atoms with E-state index in [4.69, 9.17) is 4.74 Å². The molecule has 0 aliphatic heterocycles. The Morgan fingerprint density at radius 1 is 1.16 bits per heavy atom. The number of aryl methyl sites for hydroxylation is 1. The molecule has 1 aromatic carbocycles. The van der Waals surface area contributed by atoms with Crippen molar-refractivity contribution >= 4 is 5.78 Å². The van der Waals surface area contributed by atoms with Crippen molar-refractivity contribution in [2.75, 3.05) is 0 Å². The first-order valence-electron chi connectivity index (χ1n) is 6.32. The molecule has 0 radical (unpaired) electrons. The zero-order valence-electron chi connectivity index (χ0n) is 10.7. The van der Waals surface area contributed by atoms with Gasteiger partial charge in [0.1, 0.15) is 5.75 Å². The third kappa shape index (κ3) is 2.78. The van der Waals surface area contributed by atoms with Crippen LogP contribution in [0.4, 0.5) is 0 Å². The molecular formula is C15H14N2O2. The van der Waals surface area contributed by atoms with Crippen molar-refractivity contribution < 1.29 is 9.53 Å². The maximum absolute atomic E-state index is 12.1. The molecular weight excluding hydrogens is 240 g/mol. The normalized spacial score (nSPS) is 14.2. The SMILES string of the molecule is Cc1cnc(C(=O)c2ccc(OC3CC3)cc2)nc1. The molecule has 4 heteroatoms. The topological polar surface area (TPSA) is 52.1 Å². The van der Waals surface area contributed by atoms with Crippen molar-refractivity contribution in [1.29, 1.82) is 0 Å². The minimum absolute atomic E-state index is 0.169. The molecule has 0 N–H and O–H groups in total. The summed E-state index contributed by atoms with van der Waals surface area (Å²) in [4.78, 5) is 20.2. The highest BCUT2D eigenvalue weighted by Crippen LogP contribution is 2.26. The van der Waals surface area contributed by atoms with Crippen LogP contribution in [0.25, 0.3) is 0 Å². The molecule has 2 aromatic rings. The number of hydrogen-bond acceptors (Lipinski definition) is 4. The Labute approximate surface area is 111 Å². The van der Waals surface area contributed by atoms with E-state index in [1.54, 1.807) is 24.5 Å². The molecule has 1 saturated carbocycles. The molecule has 1 aliphatic carbocycles. The summed E-state index contributed by atoms with van der Waals surface area (Å²) in [5.41, 5.74) is 1.51. The highest BCUT2D eigenvalue weighted by atomic mass is 16.5. The van der Waals surface area contributed by atoms with Crippen LogP contribution in [0, 0.1) is 6.92 Å². The number of carbonyl (C=O) groups is 1. The van der Waals surface area contributed by atoms with Crippen molar-refractivity contribution in [3.63, 3.8) is 0 Å². The van der Waals surface area contributed by atoms with Gasteiger partial charge >= 0.3 is 0 Å². The Morgan fingerprint density at radius 2 is 1.79 bits per heavy atom. The van der Waals surface area contributed by atoms with Crippen LogP contribution in [0.5, 0.6) is 5.75 Å². The number of carbonyl (C=O) groups excluding carboxylic acids is 1. The summed E-state index contributed by atoms with van der Waals surface area (Å²) < 4.78 is 5.64. The molecule has 0 spiro atoms. The highest BCUT2D eigenvalue weighted by molar-refractivity contribution is 6.06. The molecule has 1 aromatic heterocycles. The third-order valence-electron chi connectivity index (χ3n) is 2.93. The molecule has 0 amide bonds. The number of aromatic nitrogens is 2. The van der Waals surface area contributed by atoms with Gasteiger partial charge in [0, 0.05) is 18.0 Å². The van der Waals surface area contributed by atoms with Crippen molar-refractivity contribution in [2.45, 2.75) is 25.9 Å². The van der Waals surface area contributed by atoms with Crippen molar-refractivity contribution in [1.82, 2.24) is 9.97 Å². The van der Waals surface area contributed by atoms with Crippen molar-refractivity contribution in [3.8, 4) is 5.75 Å². The lowest BCUT2D eigenvalue weighted by molar-refractivity contribution is 0.102. The smallest absolute Gasteiger partial charge is 0.230 e. The van der Waals surface area contributed by atoms with E-state index in [9.17, 15) is 4.79 Å². The molecule has 0 unspecified atom stereocenters. The van der Waals surface area contributed by atoms with E-state index in [1.807, 2.05) is 19.1 Å². The number of hydrogen-bond donors (Lipinski definition) is 0. The molecule has 1 aliphatic rings. The lowest BCUT2D eigenvalue weighted by atomic mass is 10.1. The second-order valence-corrected chi connectivity index (χ2v) is 4.75. The molecule has 19 heavy (non-hydrogen) atoms. The molecule has 0 atom stereocenters. The lowest BCUT2D eigenvalue weighted by Gasteiger charge is -2.05. The van der Waals surface area contributed by atoms with Crippen LogP contribution in [0.2, 0.25) is 0 Å². The van der Waals surface area contributed by atoms with Gasteiger partial charge in [-0.1, -0.05) is 0 Å². The van der Waals surface area contributed by atoms with Crippen LogP contribution < -0.4 is 4.74 Å². The van der Waals surface area contributed by atoms with Gasteiger partial charge in [-0.2, -0.15) is 0 Å². The van der Waals surface area contributed by atoms with E-state index in [0.29, 0.717) is 11.7 Å². The maximum Gasteiger partial charge on any atom is 0.230 e. The molecule has 0 bridgehead atoms. The van der Waals surface area contributed by atoms with Gasteiger partial charge in [-0.3, -0.25) is 4.79 Å². The first kappa shape index (κ1) is 11.8. The fraction of sp³-hybridized carbons (Fsp3) is 0.267. The summed E-state index contributed by atoms with van der Waals surface area (Å²) in [6.45, 7) is 1.89. The number of rotatable bonds is 4. The number of nitrogens with zero attached hydrogens (tertiary/aromatic N) is 2. The molecule has 1 fully saturated rings. The Bertz CT molecular complexity index is 587. The van der Waals surface area contributed by atoms with Gasteiger partial charge in [0.15, 0.2) is 0 Å². The Kier molecular flexibility index (Phi) is 2.99. The zero-order valence-corrected chi connectivity index (χ0v) is 10.7. The second kappa shape index (κ2) is 4.80. The van der Waals surface area contributed by atoms with E-state index in [0.717, 1.165) is 24.2 Å². The standard InChI is InChI=1S/C15H14N2O2/c1-10-8-16-15(17-9-10)14(18)11-2-4-12(5-3-11)19-13-6-7-13/h2-5,8-9,13H,6-7H2,1H3. The summed E-state index contributed by atoms with van der Waals surface area (Å²) in [5.74, 6) is 0.864. The Balaban J connectivity index is 1.77. The highest BCUT2D eigenvalue weighted by Gasteiger charge is 2.23. The largest absolute Gasteiger partial charge is 0.490 e. The summed E-state index contributed by atoms with van der Waals surface area (Å²) in [6.07, 6.45) is 5.90. The lowest BCUT2D eigenvalue weighted by Crippen LogP contribution is -2.07. The molecule has 3 rings (SSSR count). The van der Waals surface area contributed by atoms with Crippen molar-refractivity contribution in [2.24, 2.45) is 0 Å². The van der Waals surface area contributed by atoms with Gasteiger partial charge in [-0.25, -0.2) is 9.97 Å². The molecule has 0 saturated heterocycles. The molecule has 1 heterocycles.